The highest BCUT2D eigenvalue weighted by Crippen LogP contribution is 2.43. The van der Waals surface area contributed by atoms with Crippen LogP contribution in [0.1, 0.15) is 87.5 Å². The summed E-state index contributed by atoms with van der Waals surface area (Å²) >= 11 is 0. The van der Waals surface area contributed by atoms with E-state index < -0.39 is 0 Å². The number of allylic oxidation sites excluding steroid dienone is 4. The van der Waals surface area contributed by atoms with E-state index in [-0.39, 0.29) is 0 Å². The second kappa shape index (κ2) is 8.20. The largest absolute Gasteiger partial charge is 0.0625 e. The molecule has 0 atom stereocenters. The minimum Gasteiger partial charge on any atom is -0.0625 e. The van der Waals surface area contributed by atoms with Crippen molar-refractivity contribution >= 4 is 0 Å². The van der Waals surface area contributed by atoms with E-state index in [4.69, 9.17) is 0 Å². The van der Waals surface area contributed by atoms with E-state index >= 15 is 0 Å². The Morgan fingerprint density at radius 2 is 0.810 bits per heavy atom. The molecule has 122 valence electrons. The SMILES string of the molecule is CC(C)CC1=C(CC(C)C)C(CC(C)C)=C(CC(C)C)C1. The molecule has 0 heterocycles. The molecule has 0 bridgehead atoms. The molecule has 0 aromatic heterocycles. The quantitative estimate of drug-likeness (QED) is 0.444. The average molecular weight is 291 g/mol. The van der Waals surface area contributed by atoms with Crippen molar-refractivity contribution in [1.29, 1.82) is 0 Å². The topological polar surface area (TPSA) is 0 Å². The van der Waals surface area contributed by atoms with E-state index in [1.165, 1.54) is 32.1 Å². The Kier molecular flexibility index (Phi) is 7.24. The molecular formula is C21H38. The van der Waals surface area contributed by atoms with Gasteiger partial charge >= 0.3 is 0 Å². The monoisotopic (exact) mass is 290 g/mol. The highest BCUT2D eigenvalue weighted by Gasteiger charge is 2.25. The Labute approximate surface area is 134 Å². The zero-order valence-electron chi connectivity index (χ0n) is 15.8. The van der Waals surface area contributed by atoms with Crippen LogP contribution in [0.25, 0.3) is 0 Å². The number of hydrogen-bond acceptors (Lipinski definition) is 0. The molecule has 1 aliphatic carbocycles. The maximum atomic E-state index is 2.37. The highest BCUT2D eigenvalue weighted by molar-refractivity contribution is 5.48. The zero-order chi connectivity index (χ0) is 16.2. The first-order valence-corrected chi connectivity index (χ1v) is 9.12. The first-order chi connectivity index (χ1) is 9.70. The van der Waals surface area contributed by atoms with E-state index in [9.17, 15) is 0 Å². The van der Waals surface area contributed by atoms with Gasteiger partial charge in [0.25, 0.3) is 0 Å². The van der Waals surface area contributed by atoms with Gasteiger partial charge in [-0.05, 0) is 66.9 Å². The molecular weight excluding hydrogens is 252 g/mol. The van der Waals surface area contributed by atoms with Gasteiger partial charge in [0.2, 0.25) is 0 Å². The lowest BCUT2D eigenvalue weighted by Crippen LogP contribution is -2.01. The Hall–Kier alpha value is -0.520. The summed E-state index contributed by atoms with van der Waals surface area (Å²) in [6.07, 6.45) is 6.44. The number of rotatable bonds is 8. The molecule has 0 amide bonds. The fourth-order valence-electron chi connectivity index (χ4n) is 3.63. The average Bonchev–Trinajstić information content (AvgIpc) is 2.55. The minimum atomic E-state index is 0.766. The summed E-state index contributed by atoms with van der Waals surface area (Å²) in [6, 6.07) is 0. The maximum Gasteiger partial charge on any atom is -0.00964 e. The third kappa shape index (κ3) is 6.01. The lowest BCUT2D eigenvalue weighted by atomic mass is 9.88. The van der Waals surface area contributed by atoms with E-state index in [1.807, 2.05) is 0 Å². The minimum absolute atomic E-state index is 0.766. The fraction of sp³-hybridized carbons (Fsp3) is 0.810. The van der Waals surface area contributed by atoms with Crippen LogP contribution in [0.5, 0.6) is 0 Å². The normalized spacial score (nSPS) is 16.6. The highest BCUT2D eigenvalue weighted by atomic mass is 14.3. The Bertz CT molecular complexity index is 350. The number of hydrogen-bond donors (Lipinski definition) is 0. The van der Waals surface area contributed by atoms with Gasteiger partial charge in [0.1, 0.15) is 0 Å². The molecule has 0 saturated heterocycles. The molecule has 0 spiro atoms. The van der Waals surface area contributed by atoms with Gasteiger partial charge in [0, 0.05) is 0 Å². The van der Waals surface area contributed by atoms with Gasteiger partial charge in [-0.2, -0.15) is 0 Å². The summed E-state index contributed by atoms with van der Waals surface area (Å²) in [5.41, 5.74) is 7.04. The van der Waals surface area contributed by atoms with Crippen LogP contribution in [0.15, 0.2) is 22.3 Å². The molecule has 1 aliphatic rings. The molecule has 0 radical (unpaired) electrons. The van der Waals surface area contributed by atoms with E-state index in [1.54, 1.807) is 22.3 Å². The summed E-state index contributed by atoms with van der Waals surface area (Å²) in [5, 5.41) is 0. The molecule has 0 nitrogen and oxygen atoms in total. The van der Waals surface area contributed by atoms with Gasteiger partial charge in [-0.25, -0.2) is 0 Å². The molecule has 0 aliphatic heterocycles. The van der Waals surface area contributed by atoms with E-state index in [0.29, 0.717) is 0 Å². The fourth-order valence-corrected chi connectivity index (χ4v) is 3.63. The molecule has 0 heteroatoms. The van der Waals surface area contributed by atoms with Crippen LogP contribution in [0.4, 0.5) is 0 Å². The van der Waals surface area contributed by atoms with Crippen LogP contribution in [0.2, 0.25) is 0 Å². The molecule has 21 heavy (non-hydrogen) atoms. The molecule has 0 N–H and O–H groups in total. The van der Waals surface area contributed by atoms with Crippen LogP contribution in [-0.2, 0) is 0 Å². The lowest BCUT2D eigenvalue weighted by molar-refractivity contribution is 0.595. The van der Waals surface area contributed by atoms with Gasteiger partial charge < -0.3 is 0 Å². The summed E-state index contributed by atoms with van der Waals surface area (Å²) in [6.45, 7) is 18.9. The van der Waals surface area contributed by atoms with Gasteiger partial charge in [-0.3, -0.25) is 0 Å². The predicted octanol–water partition coefficient (Wildman–Crippen LogP) is 7.17. The van der Waals surface area contributed by atoms with Crippen molar-refractivity contribution in [2.45, 2.75) is 87.5 Å². The molecule has 0 aromatic carbocycles. The van der Waals surface area contributed by atoms with Crippen molar-refractivity contribution in [3.05, 3.63) is 22.3 Å². The van der Waals surface area contributed by atoms with Crippen molar-refractivity contribution < 1.29 is 0 Å². The van der Waals surface area contributed by atoms with Crippen molar-refractivity contribution in [3.63, 3.8) is 0 Å². The van der Waals surface area contributed by atoms with Gasteiger partial charge in [-0.1, -0.05) is 66.5 Å². The van der Waals surface area contributed by atoms with Crippen molar-refractivity contribution in [3.8, 4) is 0 Å². The molecule has 0 fully saturated rings. The summed E-state index contributed by atoms with van der Waals surface area (Å²) in [5.74, 6) is 3.09. The first kappa shape index (κ1) is 18.5. The van der Waals surface area contributed by atoms with Crippen molar-refractivity contribution in [2.75, 3.05) is 0 Å². The van der Waals surface area contributed by atoms with Crippen LogP contribution < -0.4 is 0 Å². The van der Waals surface area contributed by atoms with Crippen molar-refractivity contribution in [1.82, 2.24) is 0 Å². The first-order valence-electron chi connectivity index (χ1n) is 9.12. The van der Waals surface area contributed by atoms with Gasteiger partial charge in [0.05, 0.1) is 0 Å². The summed E-state index contributed by atoms with van der Waals surface area (Å²) in [4.78, 5) is 0. The van der Waals surface area contributed by atoms with Gasteiger partial charge in [0.15, 0.2) is 0 Å². The molecule has 0 unspecified atom stereocenters. The van der Waals surface area contributed by atoms with Crippen LogP contribution in [0, 0.1) is 23.7 Å². The zero-order valence-corrected chi connectivity index (χ0v) is 15.8. The third-order valence-corrected chi connectivity index (χ3v) is 4.18. The maximum absolute atomic E-state index is 2.37. The van der Waals surface area contributed by atoms with Crippen LogP contribution >= 0.6 is 0 Å². The van der Waals surface area contributed by atoms with Gasteiger partial charge in [-0.15, -0.1) is 0 Å². The van der Waals surface area contributed by atoms with Crippen molar-refractivity contribution in [2.24, 2.45) is 23.7 Å². The lowest BCUT2D eigenvalue weighted by Gasteiger charge is -2.18. The Balaban J connectivity index is 3.11. The van der Waals surface area contributed by atoms with Crippen LogP contribution in [-0.4, -0.2) is 0 Å². The van der Waals surface area contributed by atoms with Crippen LogP contribution in [0.3, 0.4) is 0 Å². The smallest absolute Gasteiger partial charge is 0.00964 e. The second-order valence-corrected chi connectivity index (χ2v) is 8.73. The van der Waals surface area contributed by atoms with E-state index in [0.717, 1.165) is 23.7 Å². The predicted molar refractivity (Wildman–Crippen MR) is 96.5 cm³/mol. The standard InChI is InChI=1S/C21H38/c1-14(2)9-18-13-19(10-15(3)4)21(12-17(7)8)20(18)11-16(5)6/h14-17H,9-13H2,1-8H3. The molecule has 0 saturated carbocycles. The molecule has 1 rings (SSSR count). The Morgan fingerprint density at radius 3 is 1.05 bits per heavy atom. The van der Waals surface area contributed by atoms with E-state index in [2.05, 4.69) is 55.4 Å². The molecule has 0 aromatic rings. The second-order valence-electron chi connectivity index (χ2n) is 8.73. The Morgan fingerprint density at radius 1 is 0.524 bits per heavy atom. The summed E-state index contributed by atoms with van der Waals surface area (Å²) in [7, 11) is 0. The summed E-state index contributed by atoms with van der Waals surface area (Å²) < 4.78 is 0. The third-order valence-electron chi connectivity index (χ3n) is 4.18.